The number of nitrogens with one attached hydrogen (secondary N) is 5. The standard InChI is InChI=1S/2C30H40ClN7O2/c1-37(2)15-7-6-14-32-29(39)25-8-4-5-9-27(25)35-28-26(31)21-33-30(36-28)34-24-11-10-22-12-16-38(18-19-40-3)17-13-23(22)20-24;1-36(2)15-7-8-16-38(29(39)24-9-5-4-6-10-24)35-28-27(31)22-32-30(34-28)33-26-12-11-23-13-17-37(19-20-40-3)18-14-25(23)21-26/h4-5,8-11,20-21H,6-7,12-19H2,1-3H3,(H,32,39)(H2,33,34,35,36);4-6,9-12,21-22H,7-8,13-20H2,1-3H3,(H2,32,33,34,35). The Morgan fingerprint density at radius 3 is 1.65 bits per heavy atom. The molecule has 8 rings (SSSR count). The van der Waals surface area contributed by atoms with Crippen molar-refractivity contribution in [2.75, 3.05) is 142 Å². The number of fused-ring (bicyclic) bond motifs is 2. The summed E-state index contributed by atoms with van der Waals surface area (Å²) in [4.78, 5) is 53.4. The number of methoxy groups -OCH3 is 2. The molecule has 20 heteroatoms. The number of rotatable bonds is 26. The predicted molar refractivity (Wildman–Crippen MR) is 324 cm³/mol. The molecule has 0 atom stereocenters. The lowest BCUT2D eigenvalue weighted by Crippen LogP contribution is -2.37. The molecule has 4 heterocycles. The van der Waals surface area contributed by atoms with Gasteiger partial charge in [-0.2, -0.15) is 9.97 Å². The van der Waals surface area contributed by atoms with E-state index in [0.717, 1.165) is 128 Å². The number of carbonyl (C=O) groups excluding carboxylic acids is 2. The fraction of sp³-hybridized carbons (Fsp3) is 0.433. The number of para-hydroxylation sites is 1. The Bertz CT molecular complexity index is 2900. The summed E-state index contributed by atoms with van der Waals surface area (Å²) < 4.78 is 10.5. The maximum absolute atomic E-state index is 13.4. The Labute approximate surface area is 482 Å². The third-order valence-corrected chi connectivity index (χ3v) is 14.5. The van der Waals surface area contributed by atoms with E-state index in [1.54, 1.807) is 49.8 Å². The first-order valence-corrected chi connectivity index (χ1v) is 28.4. The molecule has 2 aromatic heterocycles. The highest BCUT2D eigenvalue weighted by Crippen LogP contribution is 2.29. The first kappa shape index (κ1) is 61.1. The zero-order chi connectivity index (χ0) is 56.6. The molecule has 2 aliphatic rings. The molecule has 0 saturated heterocycles. The van der Waals surface area contributed by atoms with E-state index in [9.17, 15) is 9.59 Å². The van der Waals surface area contributed by atoms with Crippen molar-refractivity contribution in [3.05, 3.63) is 147 Å². The molecule has 428 valence electrons. The van der Waals surface area contributed by atoms with Gasteiger partial charge < -0.3 is 50.3 Å². The van der Waals surface area contributed by atoms with Crippen LogP contribution < -0.4 is 26.7 Å². The van der Waals surface area contributed by atoms with Crippen LogP contribution in [0.5, 0.6) is 0 Å². The lowest BCUT2D eigenvalue weighted by atomic mass is 10.0. The summed E-state index contributed by atoms with van der Waals surface area (Å²) in [5.74, 6) is 1.35. The molecule has 0 spiro atoms. The maximum Gasteiger partial charge on any atom is 0.272 e. The molecule has 4 aromatic carbocycles. The zero-order valence-electron chi connectivity index (χ0n) is 47.4. The van der Waals surface area contributed by atoms with Gasteiger partial charge in [-0.05, 0) is 163 Å². The molecule has 0 unspecified atom stereocenters. The van der Waals surface area contributed by atoms with E-state index in [-0.39, 0.29) is 11.8 Å². The number of benzene rings is 4. The number of aromatic nitrogens is 4. The minimum absolute atomic E-state index is 0.137. The van der Waals surface area contributed by atoms with Crippen molar-refractivity contribution in [2.45, 2.75) is 51.4 Å². The van der Waals surface area contributed by atoms with Crippen LogP contribution in [0.4, 0.5) is 40.6 Å². The molecule has 2 aliphatic heterocycles. The molecular weight excluding hydrogens is 1050 g/mol. The van der Waals surface area contributed by atoms with Crippen molar-refractivity contribution < 1.29 is 19.1 Å². The van der Waals surface area contributed by atoms with Gasteiger partial charge in [0.25, 0.3) is 11.8 Å². The van der Waals surface area contributed by atoms with Gasteiger partial charge in [-0.15, -0.1) is 0 Å². The third-order valence-electron chi connectivity index (χ3n) is 13.9. The number of carbonyl (C=O) groups is 2. The van der Waals surface area contributed by atoms with Gasteiger partial charge >= 0.3 is 0 Å². The Kier molecular flexibility index (Phi) is 24.5. The molecule has 2 amide bonds. The summed E-state index contributed by atoms with van der Waals surface area (Å²) in [6, 6.07) is 29.4. The number of amides is 2. The molecule has 0 radical (unpaired) electrons. The van der Waals surface area contributed by atoms with Crippen LogP contribution in [-0.2, 0) is 35.2 Å². The average Bonchev–Trinajstić information content (AvgIpc) is 3.81. The van der Waals surface area contributed by atoms with E-state index in [1.807, 2.05) is 64.6 Å². The number of anilines is 7. The fourth-order valence-corrected chi connectivity index (χ4v) is 9.68. The summed E-state index contributed by atoms with van der Waals surface area (Å²) in [7, 11) is 11.7. The number of halogens is 2. The predicted octanol–water partition coefficient (Wildman–Crippen LogP) is 9.47. The number of hydrazine groups is 1. The quantitative estimate of drug-likeness (QED) is 0.0256. The van der Waals surface area contributed by atoms with Gasteiger partial charge in [0, 0.05) is 83.5 Å². The van der Waals surface area contributed by atoms with Gasteiger partial charge in [0.1, 0.15) is 10.0 Å². The van der Waals surface area contributed by atoms with Crippen LogP contribution in [-0.4, -0.2) is 177 Å². The van der Waals surface area contributed by atoms with E-state index in [0.29, 0.717) is 63.5 Å². The second kappa shape index (κ2) is 32.1. The Balaban J connectivity index is 0.000000231. The number of hydrogen-bond donors (Lipinski definition) is 5. The lowest BCUT2D eigenvalue weighted by molar-refractivity contribution is 0.0789. The first-order valence-electron chi connectivity index (χ1n) is 27.7. The molecule has 18 nitrogen and oxygen atoms in total. The second-order valence-electron chi connectivity index (χ2n) is 20.5. The molecule has 6 aromatic rings. The van der Waals surface area contributed by atoms with Crippen LogP contribution in [0.15, 0.2) is 103 Å². The average molecular weight is 1130 g/mol. The topological polar surface area (TPSA) is 181 Å². The van der Waals surface area contributed by atoms with Crippen molar-refractivity contribution in [1.29, 1.82) is 0 Å². The number of unbranched alkanes of at least 4 members (excludes halogenated alkanes) is 2. The molecule has 0 bridgehead atoms. The highest BCUT2D eigenvalue weighted by molar-refractivity contribution is 6.33. The fourth-order valence-electron chi connectivity index (χ4n) is 9.40. The monoisotopic (exact) mass is 1130 g/mol. The van der Waals surface area contributed by atoms with E-state index < -0.39 is 0 Å². The van der Waals surface area contributed by atoms with E-state index >= 15 is 0 Å². The summed E-state index contributed by atoms with van der Waals surface area (Å²) in [5.41, 5.74) is 12.2. The van der Waals surface area contributed by atoms with Gasteiger partial charge in [-0.3, -0.25) is 20.0 Å². The highest BCUT2D eigenvalue weighted by atomic mass is 35.5. The van der Waals surface area contributed by atoms with Crippen LogP contribution in [0, 0.1) is 0 Å². The van der Waals surface area contributed by atoms with Gasteiger partial charge in [0.05, 0.1) is 36.9 Å². The molecule has 80 heavy (non-hydrogen) atoms. The molecular formula is C60H80Cl2N14O4. The molecule has 0 saturated carbocycles. The summed E-state index contributed by atoms with van der Waals surface area (Å²) in [6.07, 6.45) is 10.8. The van der Waals surface area contributed by atoms with Gasteiger partial charge in [-0.25, -0.2) is 9.97 Å². The number of nitrogens with zero attached hydrogens (tertiary/aromatic N) is 9. The van der Waals surface area contributed by atoms with Crippen molar-refractivity contribution in [1.82, 2.24) is 49.9 Å². The van der Waals surface area contributed by atoms with Crippen molar-refractivity contribution in [3.8, 4) is 0 Å². The zero-order valence-corrected chi connectivity index (χ0v) is 48.9. The minimum atomic E-state index is -0.139. The third kappa shape index (κ3) is 19.4. The molecule has 5 N–H and O–H groups in total. The Hall–Kier alpha value is -6.48. The van der Waals surface area contributed by atoms with E-state index in [1.165, 1.54) is 22.3 Å². The van der Waals surface area contributed by atoms with Gasteiger partial charge in [0.2, 0.25) is 11.9 Å². The summed E-state index contributed by atoms with van der Waals surface area (Å²) in [5, 5.41) is 15.2. The van der Waals surface area contributed by atoms with Crippen LogP contribution in [0.1, 0.15) is 68.7 Å². The summed E-state index contributed by atoms with van der Waals surface area (Å²) >= 11 is 12.9. The van der Waals surface area contributed by atoms with Gasteiger partial charge in [0.15, 0.2) is 11.6 Å². The normalized spacial score (nSPS) is 13.5. The van der Waals surface area contributed by atoms with Crippen molar-refractivity contribution in [3.63, 3.8) is 0 Å². The Morgan fingerprint density at radius 2 is 1.09 bits per heavy atom. The second-order valence-corrected chi connectivity index (χ2v) is 21.4. The van der Waals surface area contributed by atoms with Gasteiger partial charge in [-0.1, -0.05) is 65.7 Å². The smallest absolute Gasteiger partial charge is 0.272 e. The highest BCUT2D eigenvalue weighted by Gasteiger charge is 2.21. The summed E-state index contributed by atoms with van der Waals surface area (Å²) in [6.45, 7) is 10.6. The van der Waals surface area contributed by atoms with Crippen molar-refractivity contribution >= 4 is 75.6 Å². The van der Waals surface area contributed by atoms with Crippen LogP contribution in [0.25, 0.3) is 0 Å². The minimum Gasteiger partial charge on any atom is -0.383 e. The maximum atomic E-state index is 13.4. The first-order chi connectivity index (χ1) is 38.8. The number of hydrogen-bond acceptors (Lipinski definition) is 16. The SMILES string of the molecule is COCCN1CCc2ccc(Nc3ncc(Cl)c(NN(CCCCN(C)C)C(=O)c4ccccc4)n3)cc2CC1.COCCN1CCc2ccc(Nc3ncc(Cl)c(Nc4ccccc4C(=O)NCCCCN(C)C)n3)cc2CC1. The lowest BCUT2D eigenvalue weighted by Gasteiger charge is -2.25. The molecule has 0 fully saturated rings. The molecule has 0 aliphatic carbocycles. The number of ether oxygens (including phenoxy) is 2. The van der Waals surface area contributed by atoms with Crippen molar-refractivity contribution in [2.24, 2.45) is 0 Å². The van der Waals surface area contributed by atoms with Crippen LogP contribution in [0.2, 0.25) is 10.0 Å². The largest absolute Gasteiger partial charge is 0.383 e. The van der Waals surface area contributed by atoms with Crippen LogP contribution >= 0.6 is 23.2 Å². The Morgan fingerprint density at radius 1 is 0.588 bits per heavy atom. The van der Waals surface area contributed by atoms with Crippen LogP contribution in [0.3, 0.4) is 0 Å². The van der Waals surface area contributed by atoms with E-state index in [4.69, 9.17) is 32.7 Å². The van der Waals surface area contributed by atoms with E-state index in [2.05, 4.69) is 103 Å².